The Hall–Kier alpha value is -5.73. The molecule has 5 heterocycles. The molecule has 0 unspecified atom stereocenters. The van der Waals surface area contributed by atoms with Gasteiger partial charge in [0.15, 0.2) is 0 Å². The van der Waals surface area contributed by atoms with Gasteiger partial charge < -0.3 is 25.6 Å². The molecule has 1 saturated carbocycles. The molecule has 5 amide bonds. The minimum atomic E-state index is -0.474. The van der Waals surface area contributed by atoms with E-state index in [0.717, 1.165) is 102 Å². The first kappa shape index (κ1) is 39.7. The number of hydrogen-bond acceptors (Lipinski definition) is 9. The number of fused-ring (bicyclic) bond motifs is 1. The van der Waals surface area contributed by atoms with Crippen molar-refractivity contribution in [2.75, 3.05) is 69.1 Å². The number of amides is 5. The highest BCUT2D eigenvalue weighted by molar-refractivity contribution is 6.06. The molecule has 1 aromatic heterocycles. The van der Waals surface area contributed by atoms with Crippen LogP contribution in [0.1, 0.15) is 78.1 Å². The van der Waals surface area contributed by atoms with Crippen molar-refractivity contribution in [1.29, 1.82) is 0 Å². The van der Waals surface area contributed by atoms with Crippen LogP contribution < -0.4 is 26.0 Å². The van der Waals surface area contributed by atoms with Crippen molar-refractivity contribution in [1.82, 2.24) is 29.8 Å². The quantitative estimate of drug-likeness (QED) is 0.175. The number of ether oxygens (including phenoxy) is 1. The Morgan fingerprint density at radius 1 is 0.783 bits per heavy atom. The fourth-order valence-electron chi connectivity index (χ4n) is 10.1. The molecule has 5 aliphatic rings. The van der Waals surface area contributed by atoms with Crippen molar-refractivity contribution in [2.24, 2.45) is 17.6 Å². The van der Waals surface area contributed by atoms with Crippen LogP contribution in [0.3, 0.4) is 0 Å². The summed E-state index contributed by atoms with van der Waals surface area (Å²) in [7, 11) is 0. The van der Waals surface area contributed by atoms with Crippen molar-refractivity contribution >= 4 is 35.3 Å². The molecule has 4 N–H and O–H groups in total. The molecule has 1 atom stereocenters. The molecule has 314 valence electrons. The Kier molecular flexibility index (Phi) is 11.6. The summed E-state index contributed by atoms with van der Waals surface area (Å²) >= 11 is 0. The highest BCUT2D eigenvalue weighted by atomic mass is 16.5. The molecule has 14 heteroatoms. The van der Waals surface area contributed by atoms with Gasteiger partial charge in [0.1, 0.15) is 28.6 Å². The number of anilines is 2. The Morgan fingerprint density at radius 3 is 2.23 bits per heavy atom. The van der Waals surface area contributed by atoms with E-state index in [2.05, 4.69) is 25.1 Å². The van der Waals surface area contributed by atoms with Gasteiger partial charge in [-0.05, 0) is 111 Å². The highest BCUT2D eigenvalue weighted by Gasteiger charge is 2.37. The van der Waals surface area contributed by atoms with Crippen LogP contribution >= 0.6 is 0 Å². The maximum absolute atomic E-state index is 13.5. The number of likely N-dealkylation sites (tertiary alicyclic amines) is 1. The third-order valence-corrected chi connectivity index (χ3v) is 13.4. The van der Waals surface area contributed by atoms with Crippen LogP contribution in [0.25, 0.3) is 11.3 Å². The van der Waals surface area contributed by atoms with E-state index in [-0.39, 0.29) is 24.3 Å². The lowest BCUT2D eigenvalue weighted by Crippen LogP contribution is -2.52. The van der Waals surface area contributed by atoms with Gasteiger partial charge >= 0.3 is 6.03 Å². The summed E-state index contributed by atoms with van der Waals surface area (Å²) in [6, 6.07) is 24.9. The molecule has 4 aromatic rings. The van der Waals surface area contributed by atoms with Gasteiger partial charge in [0.25, 0.3) is 11.8 Å². The number of piperidine rings is 1. The third kappa shape index (κ3) is 8.48. The van der Waals surface area contributed by atoms with Crippen molar-refractivity contribution < 1.29 is 23.9 Å². The maximum atomic E-state index is 13.5. The first-order chi connectivity index (χ1) is 29.3. The highest BCUT2D eigenvalue weighted by Crippen LogP contribution is 2.42. The van der Waals surface area contributed by atoms with Gasteiger partial charge in [-0.15, -0.1) is 0 Å². The minimum absolute atomic E-state index is 0.00557. The molecule has 0 bridgehead atoms. The SMILES string of the molecule is NC(=O)c1c(-c2ccc(Oc3ccccc3)cc2)nn2c1NCC[C@H]2C1CCC(N2CCN(CC3CCN(C(=O)c4cccc(N5CCC(=O)NC5=O)c4)CC3)CC2)CC1. The largest absolute Gasteiger partial charge is 0.457 e. The van der Waals surface area contributed by atoms with Gasteiger partial charge in [-0.3, -0.25) is 29.5 Å². The molecule has 9 rings (SSSR count). The normalized spacial score (nSPS) is 23.1. The standard InChI is InChI=1S/C46H55N9O5/c47-43(57)41-42(33-11-15-38(16-12-33)60-37-7-2-1-3-8-37)50-55-39(17-21-48-44(41)55)32-9-13-35(14-10-32)52-27-25-51(26-28-52)30-31-18-22-53(23-19-31)45(58)34-5-4-6-36(29-34)54-24-20-40(56)49-46(54)59/h1-8,11-12,15-16,29,31-32,35,39,48H,9-10,13-14,17-28,30H2,(H2,47,57)(H,49,56,59)/t32?,35?,39-/m0/s1. The summed E-state index contributed by atoms with van der Waals surface area (Å²) in [5.41, 5.74) is 9.11. The van der Waals surface area contributed by atoms with Crippen molar-refractivity contribution in [3.63, 3.8) is 0 Å². The number of urea groups is 1. The van der Waals surface area contributed by atoms with Crippen molar-refractivity contribution in [3.8, 4) is 22.8 Å². The van der Waals surface area contributed by atoms with Gasteiger partial charge in [-0.25, -0.2) is 9.48 Å². The number of imide groups is 1. The predicted molar refractivity (Wildman–Crippen MR) is 229 cm³/mol. The van der Waals surface area contributed by atoms with Gasteiger partial charge in [-0.1, -0.05) is 24.3 Å². The smallest absolute Gasteiger partial charge is 0.328 e. The van der Waals surface area contributed by atoms with Crippen molar-refractivity contribution in [2.45, 2.75) is 63.5 Å². The number of rotatable bonds is 10. The zero-order valence-electron chi connectivity index (χ0n) is 34.1. The number of primary amides is 1. The average molecular weight is 814 g/mol. The zero-order valence-corrected chi connectivity index (χ0v) is 34.1. The lowest BCUT2D eigenvalue weighted by atomic mass is 9.79. The number of aromatic nitrogens is 2. The fraction of sp³-hybridized carbons (Fsp3) is 0.457. The summed E-state index contributed by atoms with van der Waals surface area (Å²) in [5.74, 6) is 2.52. The van der Waals surface area contributed by atoms with Crippen molar-refractivity contribution in [3.05, 3.63) is 90.0 Å². The number of benzene rings is 3. The van der Waals surface area contributed by atoms with Gasteiger partial charge in [0, 0.05) is 88.2 Å². The minimum Gasteiger partial charge on any atom is -0.457 e. The molecular weight excluding hydrogens is 759 g/mol. The summed E-state index contributed by atoms with van der Waals surface area (Å²) in [6.45, 7) is 7.95. The molecule has 4 aliphatic heterocycles. The second kappa shape index (κ2) is 17.5. The number of carbonyl (C=O) groups excluding carboxylic acids is 4. The summed E-state index contributed by atoms with van der Waals surface area (Å²) in [4.78, 5) is 59.1. The number of hydrogen-bond donors (Lipinski definition) is 3. The molecule has 3 aromatic carbocycles. The van der Waals surface area contributed by atoms with E-state index in [4.69, 9.17) is 15.6 Å². The molecule has 14 nitrogen and oxygen atoms in total. The molecule has 0 radical (unpaired) electrons. The van der Waals surface area contributed by atoms with E-state index in [1.165, 1.54) is 17.7 Å². The van der Waals surface area contributed by atoms with Crippen LogP contribution in [-0.4, -0.2) is 113 Å². The van der Waals surface area contributed by atoms with E-state index in [9.17, 15) is 19.2 Å². The number of piperazine rings is 1. The monoisotopic (exact) mass is 813 g/mol. The number of nitrogens with two attached hydrogens (primary N) is 1. The Labute approximate surface area is 351 Å². The van der Waals surface area contributed by atoms with Gasteiger partial charge in [0.2, 0.25) is 5.91 Å². The summed E-state index contributed by atoms with van der Waals surface area (Å²) in [5, 5.41) is 10.9. The molecule has 3 saturated heterocycles. The summed E-state index contributed by atoms with van der Waals surface area (Å²) in [6.07, 6.45) is 7.80. The maximum Gasteiger partial charge on any atom is 0.328 e. The van der Waals surface area contributed by atoms with E-state index in [1.54, 1.807) is 24.3 Å². The van der Waals surface area contributed by atoms with E-state index in [1.807, 2.05) is 59.5 Å². The van der Waals surface area contributed by atoms with Crippen LogP contribution in [-0.2, 0) is 4.79 Å². The van der Waals surface area contributed by atoms with Crippen LogP contribution in [0, 0.1) is 11.8 Å². The Bertz CT molecular complexity index is 2190. The van der Waals surface area contributed by atoms with E-state index < -0.39 is 11.9 Å². The van der Waals surface area contributed by atoms with E-state index >= 15 is 0 Å². The lowest BCUT2D eigenvalue weighted by Gasteiger charge is -2.44. The van der Waals surface area contributed by atoms with Crippen LogP contribution in [0.15, 0.2) is 78.9 Å². The zero-order chi connectivity index (χ0) is 41.2. The molecule has 0 spiro atoms. The van der Waals surface area contributed by atoms with Crippen LogP contribution in [0.2, 0.25) is 0 Å². The average Bonchev–Trinajstić information content (AvgIpc) is 3.68. The second-order valence-corrected chi connectivity index (χ2v) is 17.0. The molecular formula is C46H55N9O5. The molecule has 1 aliphatic carbocycles. The van der Waals surface area contributed by atoms with Gasteiger partial charge in [-0.2, -0.15) is 5.10 Å². The second-order valence-electron chi connectivity index (χ2n) is 17.0. The molecule has 4 fully saturated rings. The Morgan fingerprint density at radius 2 is 1.52 bits per heavy atom. The molecule has 60 heavy (non-hydrogen) atoms. The number of nitrogens with zero attached hydrogens (tertiary/aromatic N) is 6. The first-order valence-electron chi connectivity index (χ1n) is 21.7. The third-order valence-electron chi connectivity index (χ3n) is 13.4. The predicted octanol–water partition coefficient (Wildman–Crippen LogP) is 5.97. The number of nitrogens with one attached hydrogen (secondary N) is 2. The number of para-hydroxylation sites is 1. The van der Waals surface area contributed by atoms with Crippen LogP contribution in [0.4, 0.5) is 16.3 Å². The fourth-order valence-corrected chi connectivity index (χ4v) is 10.1. The number of carbonyl (C=O) groups is 4. The summed E-state index contributed by atoms with van der Waals surface area (Å²) < 4.78 is 8.06. The first-order valence-corrected chi connectivity index (χ1v) is 21.7. The van der Waals surface area contributed by atoms with E-state index in [0.29, 0.717) is 52.7 Å². The van der Waals surface area contributed by atoms with Crippen LogP contribution in [0.5, 0.6) is 11.5 Å². The Balaban J connectivity index is 0.742. The topological polar surface area (TPSA) is 158 Å². The lowest BCUT2D eigenvalue weighted by molar-refractivity contribution is -0.120. The van der Waals surface area contributed by atoms with Gasteiger partial charge in [0.05, 0.1) is 6.04 Å².